The fourth-order valence-corrected chi connectivity index (χ4v) is 5.70. The third-order valence-electron chi connectivity index (χ3n) is 8.15. The SMILES string of the molecule is CC.CCc1ccc(C(=O)N(C/C(C)=C/c2ccc(F)cc2F)C[C@H](C)N(CC)CC2CCC(C)CC2)cc1OC. The van der Waals surface area contributed by atoms with Crippen LogP contribution in [-0.4, -0.2) is 55.0 Å². The van der Waals surface area contributed by atoms with Crippen molar-refractivity contribution in [2.75, 3.05) is 33.3 Å². The molecule has 0 radical (unpaired) electrons. The number of carbonyl (C=O) groups excluding carboxylic acids is 1. The van der Waals surface area contributed by atoms with Gasteiger partial charge in [0.1, 0.15) is 17.4 Å². The van der Waals surface area contributed by atoms with Gasteiger partial charge in [-0.3, -0.25) is 9.69 Å². The van der Waals surface area contributed by atoms with Crippen LogP contribution in [0.3, 0.4) is 0 Å². The van der Waals surface area contributed by atoms with E-state index in [1.54, 1.807) is 13.2 Å². The summed E-state index contributed by atoms with van der Waals surface area (Å²) in [6.45, 7) is 17.5. The minimum atomic E-state index is -0.612. The molecule has 228 valence electrons. The standard InChI is InChI=1S/C33H46F2N2O2.C2H6/c1-7-27-13-14-29(18-32(27)39-6)33(38)37(20-24(4)17-28-15-16-30(34)19-31(28)35)21-25(5)36(8-2)22-26-11-9-23(3)10-12-26;1-2/h13-19,23,25-26H,7-12,20-22H2,1-6H3;1-2H3/b24-17+;/t23?,25-,26?;/m0./s1. The van der Waals surface area contributed by atoms with Gasteiger partial charge in [0.25, 0.3) is 5.91 Å². The van der Waals surface area contributed by atoms with Crippen LogP contribution in [-0.2, 0) is 6.42 Å². The zero-order chi connectivity index (χ0) is 30.5. The van der Waals surface area contributed by atoms with Crippen LogP contribution in [0.2, 0.25) is 0 Å². The first-order valence-corrected chi connectivity index (χ1v) is 15.5. The van der Waals surface area contributed by atoms with Gasteiger partial charge in [-0.2, -0.15) is 0 Å². The van der Waals surface area contributed by atoms with Crippen molar-refractivity contribution in [3.8, 4) is 5.75 Å². The second-order valence-corrected chi connectivity index (χ2v) is 11.3. The number of rotatable bonds is 12. The van der Waals surface area contributed by atoms with Gasteiger partial charge in [0.2, 0.25) is 0 Å². The van der Waals surface area contributed by atoms with E-state index < -0.39 is 11.6 Å². The maximum atomic E-state index is 14.3. The molecule has 3 rings (SSSR count). The summed E-state index contributed by atoms with van der Waals surface area (Å²) in [4.78, 5) is 18.2. The highest BCUT2D eigenvalue weighted by Crippen LogP contribution is 2.29. The lowest BCUT2D eigenvalue weighted by Crippen LogP contribution is -2.46. The first kappa shape index (κ1) is 34.5. The van der Waals surface area contributed by atoms with E-state index in [0.717, 1.165) is 42.6 Å². The molecule has 2 aromatic rings. The van der Waals surface area contributed by atoms with E-state index in [4.69, 9.17) is 4.74 Å². The van der Waals surface area contributed by atoms with Gasteiger partial charge in [-0.1, -0.05) is 65.2 Å². The minimum Gasteiger partial charge on any atom is -0.496 e. The summed E-state index contributed by atoms with van der Waals surface area (Å²) < 4.78 is 33.3. The molecule has 6 heteroatoms. The van der Waals surface area contributed by atoms with Crippen molar-refractivity contribution in [2.45, 2.75) is 86.6 Å². The second-order valence-electron chi connectivity index (χ2n) is 11.3. The number of ether oxygens (including phenoxy) is 1. The van der Waals surface area contributed by atoms with Crippen molar-refractivity contribution in [3.63, 3.8) is 0 Å². The van der Waals surface area contributed by atoms with Crippen LogP contribution in [0.1, 0.15) is 95.6 Å². The molecule has 0 bridgehead atoms. The van der Waals surface area contributed by atoms with Crippen molar-refractivity contribution in [3.05, 3.63) is 70.3 Å². The van der Waals surface area contributed by atoms with Gasteiger partial charge in [0, 0.05) is 42.9 Å². The number of hydrogen-bond donors (Lipinski definition) is 0. The molecule has 0 heterocycles. The minimum absolute atomic E-state index is 0.0855. The molecular formula is C35H52F2N2O2. The average Bonchev–Trinajstić information content (AvgIpc) is 2.98. The molecule has 0 aromatic heterocycles. The Kier molecular flexibility index (Phi) is 14.5. The number of methoxy groups -OCH3 is 1. The molecule has 1 aliphatic rings. The Bertz CT molecular complexity index is 1130. The number of amides is 1. The van der Waals surface area contributed by atoms with Gasteiger partial charge in [-0.15, -0.1) is 0 Å². The number of likely N-dealkylation sites (N-methyl/N-ethyl adjacent to an activating group) is 1. The van der Waals surface area contributed by atoms with Crippen LogP contribution in [0, 0.1) is 23.5 Å². The Morgan fingerprint density at radius 1 is 1.07 bits per heavy atom. The lowest BCUT2D eigenvalue weighted by molar-refractivity contribution is 0.0687. The number of nitrogens with zero attached hydrogens (tertiary/aromatic N) is 2. The molecule has 1 amide bonds. The molecular weight excluding hydrogens is 518 g/mol. The molecule has 2 aromatic carbocycles. The smallest absolute Gasteiger partial charge is 0.254 e. The third-order valence-corrected chi connectivity index (χ3v) is 8.15. The summed E-state index contributed by atoms with van der Waals surface area (Å²) in [6, 6.07) is 9.36. The second kappa shape index (κ2) is 17.3. The van der Waals surface area contributed by atoms with E-state index in [9.17, 15) is 13.6 Å². The fraction of sp³-hybridized carbons (Fsp3) is 0.571. The molecule has 0 spiro atoms. The summed E-state index contributed by atoms with van der Waals surface area (Å²) in [7, 11) is 1.62. The van der Waals surface area contributed by atoms with Gasteiger partial charge in [-0.25, -0.2) is 8.78 Å². The summed E-state index contributed by atoms with van der Waals surface area (Å²) in [5.74, 6) is 0.917. The van der Waals surface area contributed by atoms with Crippen LogP contribution in [0.5, 0.6) is 5.75 Å². The molecule has 0 N–H and O–H groups in total. The monoisotopic (exact) mass is 570 g/mol. The van der Waals surface area contributed by atoms with E-state index in [-0.39, 0.29) is 11.9 Å². The molecule has 1 aliphatic carbocycles. The van der Waals surface area contributed by atoms with E-state index in [2.05, 4.69) is 32.6 Å². The summed E-state index contributed by atoms with van der Waals surface area (Å²) in [5, 5.41) is 0. The van der Waals surface area contributed by atoms with Gasteiger partial charge in [0.15, 0.2) is 0 Å². The van der Waals surface area contributed by atoms with Crippen LogP contribution in [0.15, 0.2) is 42.0 Å². The quantitative estimate of drug-likeness (QED) is 0.256. The van der Waals surface area contributed by atoms with Gasteiger partial charge >= 0.3 is 0 Å². The Balaban J connectivity index is 0.00000287. The van der Waals surface area contributed by atoms with Gasteiger partial charge < -0.3 is 9.64 Å². The highest BCUT2D eigenvalue weighted by atomic mass is 19.1. The van der Waals surface area contributed by atoms with Gasteiger partial charge in [-0.05, 0) is 81.3 Å². The average molecular weight is 571 g/mol. The highest BCUT2D eigenvalue weighted by molar-refractivity contribution is 5.95. The molecule has 41 heavy (non-hydrogen) atoms. The normalized spacial score (nSPS) is 18.0. The van der Waals surface area contributed by atoms with E-state index in [1.807, 2.05) is 43.9 Å². The van der Waals surface area contributed by atoms with Crippen LogP contribution in [0.25, 0.3) is 6.08 Å². The molecule has 1 atom stereocenters. The zero-order valence-electron chi connectivity index (χ0n) is 26.6. The number of halogens is 2. The van der Waals surface area contributed by atoms with Crippen molar-refractivity contribution < 1.29 is 18.3 Å². The first-order valence-electron chi connectivity index (χ1n) is 15.5. The van der Waals surface area contributed by atoms with Crippen molar-refractivity contribution in [1.29, 1.82) is 0 Å². The maximum absolute atomic E-state index is 14.3. The maximum Gasteiger partial charge on any atom is 0.254 e. The van der Waals surface area contributed by atoms with E-state index in [0.29, 0.717) is 35.9 Å². The van der Waals surface area contributed by atoms with E-state index >= 15 is 0 Å². The molecule has 1 fully saturated rings. The molecule has 4 nitrogen and oxygen atoms in total. The zero-order valence-corrected chi connectivity index (χ0v) is 26.6. The summed E-state index contributed by atoms with van der Waals surface area (Å²) in [5.41, 5.74) is 2.75. The van der Waals surface area contributed by atoms with Crippen LogP contribution in [0.4, 0.5) is 8.78 Å². The lowest BCUT2D eigenvalue weighted by atomic mass is 9.82. The first-order chi connectivity index (χ1) is 19.6. The van der Waals surface area contributed by atoms with E-state index in [1.165, 1.54) is 37.8 Å². The van der Waals surface area contributed by atoms with Gasteiger partial charge in [0.05, 0.1) is 7.11 Å². The fourth-order valence-electron chi connectivity index (χ4n) is 5.70. The Hall–Kier alpha value is -2.73. The largest absolute Gasteiger partial charge is 0.496 e. The Morgan fingerprint density at radius 3 is 2.34 bits per heavy atom. The van der Waals surface area contributed by atoms with Crippen LogP contribution >= 0.6 is 0 Å². The predicted octanol–water partition coefficient (Wildman–Crippen LogP) is 8.64. The summed E-state index contributed by atoms with van der Waals surface area (Å²) >= 11 is 0. The van der Waals surface area contributed by atoms with Crippen LogP contribution < -0.4 is 4.74 Å². The van der Waals surface area contributed by atoms with Crippen molar-refractivity contribution >= 4 is 12.0 Å². The summed E-state index contributed by atoms with van der Waals surface area (Å²) in [6.07, 6.45) is 7.63. The molecule has 0 saturated heterocycles. The highest BCUT2D eigenvalue weighted by Gasteiger charge is 2.26. The Labute approximate surface area is 247 Å². The third kappa shape index (κ3) is 10.2. The molecule has 0 aliphatic heterocycles. The molecule has 1 saturated carbocycles. The number of benzene rings is 2. The molecule has 0 unspecified atom stereocenters. The van der Waals surface area contributed by atoms with Crippen molar-refractivity contribution in [2.24, 2.45) is 11.8 Å². The Morgan fingerprint density at radius 2 is 1.76 bits per heavy atom. The number of carbonyl (C=O) groups is 1. The topological polar surface area (TPSA) is 32.8 Å². The number of hydrogen-bond acceptors (Lipinski definition) is 3. The lowest BCUT2D eigenvalue weighted by Gasteiger charge is -2.37. The van der Waals surface area contributed by atoms with Crippen molar-refractivity contribution in [1.82, 2.24) is 9.80 Å². The predicted molar refractivity (Wildman–Crippen MR) is 167 cm³/mol. The number of aryl methyl sites for hydroxylation is 1.